The Bertz CT molecular complexity index is 687. The third kappa shape index (κ3) is 6.56. The van der Waals surface area contributed by atoms with Crippen molar-refractivity contribution < 1.29 is 9.59 Å². The quantitative estimate of drug-likeness (QED) is 0.712. The Morgan fingerprint density at radius 1 is 1.00 bits per heavy atom. The summed E-state index contributed by atoms with van der Waals surface area (Å²) in [7, 11) is 0. The van der Waals surface area contributed by atoms with Crippen LogP contribution >= 0.6 is 0 Å². The van der Waals surface area contributed by atoms with E-state index in [0.29, 0.717) is 5.56 Å². The SMILES string of the molecule is Cc1ccc(C(=O)NC(C(=O)NC2CCN(CC3CCCCC3)CC2)C(C)C)cc1. The number of nitrogens with one attached hydrogen (secondary N) is 2. The lowest BCUT2D eigenvalue weighted by Gasteiger charge is -2.36. The molecule has 0 bridgehead atoms. The van der Waals surface area contributed by atoms with Gasteiger partial charge in [0.15, 0.2) is 0 Å². The first-order chi connectivity index (χ1) is 14.4. The predicted octanol–water partition coefficient (Wildman–Crippen LogP) is 3.91. The Hall–Kier alpha value is -1.88. The van der Waals surface area contributed by atoms with Gasteiger partial charge in [0, 0.05) is 31.2 Å². The highest BCUT2D eigenvalue weighted by molar-refractivity contribution is 5.97. The highest BCUT2D eigenvalue weighted by atomic mass is 16.2. The van der Waals surface area contributed by atoms with E-state index in [4.69, 9.17) is 0 Å². The molecule has 1 saturated carbocycles. The average Bonchev–Trinajstić information content (AvgIpc) is 2.74. The Morgan fingerprint density at radius 2 is 1.63 bits per heavy atom. The summed E-state index contributed by atoms with van der Waals surface area (Å²) >= 11 is 0. The van der Waals surface area contributed by atoms with E-state index >= 15 is 0 Å². The van der Waals surface area contributed by atoms with Crippen LogP contribution in [0.1, 0.15) is 74.7 Å². The molecule has 1 heterocycles. The molecule has 1 aromatic rings. The summed E-state index contributed by atoms with van der Waals surface area (Å²) in [6.07, 6.45) is 8.94. The van der Waals surface area contributed by atoms with Gasteiger partial charge in [-0.3, -0.25) is 9.59 Å². The number of carbonyl (C=O) groups excluding carboxylic acids is 2. The molecule has 1 aromatic carbocycles. The first kappa shape index (κ1) is 22.8. The maximum absolute atomic E-state index is 12.9. The topological polar surface area (TPSA) is 61.4 Å². The molecule has 1 aliphatic carbocycles. The van der Waals surface area contributed by atoms with Gasteiger partial charge < -0.3 is 15.5 Å². The van der Waals surface area contributed by atoms with E-state index in [1.807, 2.05) is 45.0 Å². The molecule has 2 aliphatic rings. The maximum atomic E-state index is 12.9. The number of benzene rings is 1. The molecule has 30 heavy (non-hydrogen) atoms. The van der Waals surface area contributed by atoms with Crippen molar-refractivity contribution in [3.63, 3.8) is 0 Å². The van der Waals surface area contributed by atoms with Gasteiger partial charge in [-0.15, -0.1) is 0 Å². The Kier molecular flexibility index (Phi) is 8.32. The molecule has 2 amide bonds. The summed E-state index contributed by atoms with van der Waals surface area (Å²) in [5.74, 6) is 0.653. The van der Waals surface area contributed by atoms with E-state index in [1.54, 1.807) is 0 Å². The fraction of sp³-hybridized carbons (Fsp3) is 0.680. The van der Waals surface area contributed by atoms with Crippen molar-refractivity contribution >= 4 is 11.8 Å². The molecule has 3 rings (SSSR count). The molecule has 166 valence electrons. The van der Waals surface area contributed by atoms with Gasteiger partial charge >= 0.3 is 0 Å². The fourth-order valence-corrected chi connectivity index (χ4v) is 4.75. The van der Waals surface area contributed by atoms with Gasteiger partial charge in [0.25, 0.3) is 5.91 Å². The van der Waals surface area contributed by atoms with Crippen LogP contribution in [0, 0.1) is 18.8 Å². The van der Waals surface area contributed by atoms with E-state index in [9.17, 15) is 9.59 Å². The Morgan fingerprint density at radius 3 is 2.23 bits per heavy atom. The van der Waals surface area contributed by atoms with Gasteiger partial charge in [0.05, 0.1) is 0 Å². The lowest BCUT2D eigenvalue weighted by atomic mass is 9.88. The number of hydrogen-bond acceptors (Lipinski definition) is 3. The van der Waals surface area contributed by atoms with Crippen LogP contribution in [0.3, 0.4) is 0 Å². The summed E-state index contributed by atoms with van der Waals surface area (Å²) in [5, 5.41) is 6.15. The number of hydrogen-bond donors (Lipinski definition) is 2. The highest BCUT2D eigenvalue weighted by Gasteiger charge is 2.29. The van der Waals surface area contributed by atoms with Crippen molar-refractivity contribution in [1.29, 1.82) is 0 Å². The largest absolute Gasteiger partial charge is 0.351 e. The number of carbonyl (C=O) groups is 2. The zero-order valence-corrected chi connectivity index (χ0v) is 19.0. The first-order valence-electron chi connectivity index (χ1n) is 11.8. The third-order valence-corrected chi connectivity index (χ3v) is 6.72. The molecule has 5 heteroatoms. The van der Waals surface area contributed by atoms with E-state index in [-0.39, 0.29) is 23.8 Å². The second-order valence-electron chi connectivity index (χ2n) is 9.65. The number of piperidine rings is 1. The van der Waals surface area contributed by atoms with Gasteiger partial charge in [-0.25, -0.2) is 0 Å². The number of likely N-dealkylation sites (tertiary alicyclic amines) is 1. The fourth-order valence-electron chi connectivity index (χ4n) is 4.75. The molecule has 1 atom stereocenters. The Balaban J connectivity index is 1.46. The van der Waals surface area contributed by atoms with Crippen LogP contribution in [0.25, 0.3) is 0 Å². The summed E-state index contributed by atoms with van der Waals surface area (Å²) in [6, 6.07) is 7.14. The van der Waals surface area contributed by atoms with Gasteiger partial charge in [-0.05, 0) is 56.6 Å². The van der Waals surface area contributed by atoms with Gasteiger partial charge in [-0.2, -0.15) is 0 Å². The van der Waals surface area contributed by atoms with Crippen LogP contribution in [0.2, 0.25) is 0 Å². The van der Waals surface area contributed by atoms with Crippen molar-refractivity contribution in [2.24, 2.45) is 11.8 Å². The van der Waals surface area contributed by atoms with Gasteiger partial charge in [-0.1, -0.05) is 50.8 Å². The zero-order valence-electron chi connectivity index (χ0n) is 19.0. The monoisotopic (exact) mass is 413 g/mol. The van der Waals surface area contributed by atoms with Crippen LogP contribution in [0.5, 0.6) is 0 Å². The molecular formula is C25H39N3O2. The third-order valence-electron chi connectivity index (χ3n) is 6.72. The standard InChI is InChI=1S/C25H39N3O2/c1-18(2)23(27-24(29)21-11-9-19(3)10-12-21)25(30)26-22-13-15-28(16-14-22)17-20-7-5-4-6-8-20/h9-12,18,20,22-23H,4-8,13-17H2,1-3H3,(H,26,30)(H,27,29). The number of rotatable bonds is 7. The average molecular weight is 414 g/mol. The zero-order chi connectivity index (χ0) is 21.5. The predicted molar refractivity (Wildman–Crippen MR) is 121 cm³/mol. The molecule has 2 N–H and O–H groups in total. The van der Waals surface area contributed by atoms with E-state index in [1.165, 1.54) is 38.6 Å². The summed E-state index contributed by atoms with van der Waals surface area (Å²) in [6.45, 7) is 9.29. The van der Waals surface area contributed by atoms with Crippen molar-refractivity contribution in [2.45, 2.75) is 77.8 Å². The second-order valence-corrected chi connectivity index (χ2v) is 9.65. The molecule has 1 saturated heterocycles. The molecule has 0 aromatic heterocycles. The van der Waals surface area contributed by atoms with Gasteiger partial charge in [0.2, 0.25) is 5.91 Å². The van der Waals surface area contributed by atoms with Crippen LogP contribution in [-0.4, -0.2) is 48.4 Å². The van der Waals surface area contributed by atoms with Crippen molar-refractivity contribution in [3.05, 3.63) is 35.4 Å². The van der Waals surface area contributed by atoms with Crippen LogP contribution in [-0.2, 0) is 4.79 Å². The molecule has 1 aliphatic heterocycles. The van der Waals surface area contributed by atoms with E-state index in [2.05, 4.69) is 15.5 Å². The number of nitrogens with zero attached hydrogens (tertiary/aromatic N) is 1. The van der Waals surface area contributed by atoms with Crippen LogP contribution in [0.4, 0.5) is 0 Å². The smallest absolute Gasteiger partial charge is 0.251 e. The first-order valence-corrected chi connectivity index (χ1v) is 11.8. The highest BCUT2D eigenvalue weighted by Crippen LogP contribution is 2.25. The minimum Gasteiger partial charge on any atom is -0.351 e. The lowest BCUT2D eigenvalue weighted by molar-refractivity contribution is -0.125. The molecule has 1 unspecified atom stereocenters. The molecule has 0 radical (unpaired) electrons. The maximum Gasteiger partial charge on any atom is 0.251 e. The van der Waals surface area contributed by atoms with Crippen LogP contribution < -0.4 is 10.6 Å². The number of amides is 2. The van der Waals surface area contributed by atoms with Crippen molar-refractivity contribution in [3.8, 4) is 0 Å². The van der Waals surface area contributed by atoms with E-state index in [0.717, 1.165) is 37.4 Å². The Labute approximate surface area is 182 Å². The minimum atomic E-state index is -0.515. The van der Waals surface area contributed by atoms with E-state index < -0.39 is 6.04 Å². The molecule has 5 nitrogen and oxygen atoms in total. The normalized spacial score (nSPS) is 20.1. The molecule has 2 fully saturated rings. The van der Waals surface area contributed by atoms with Crippen molar-refractivity contribution in [2.75, 3.05) is 19.6 Å². The molecular weight excluding hydrogens is 374 g/mol. The van der Waals surface area contributed by atoms with Crippen LogP contribution in [0.15, 0.2) is 24.3 Å². The molecule has 0 spiro atoms. The summed E-state index contributed by atoms with van der Waals surface area (Å²) < 4.78 is 0. The minimum absolute atomic E-state index is 0.0331. The van der Waals surface area contributed by atoms with Gasteiger partial charge in [0.1, 0.15) is 6.04 Å². The summed E-state index contributed by atoms with van der Waals surface area (Å²) in [4.78, 5) is 28.1. The van der Waals surface area contributed by atoms with Crippen molar-refractivity contribution in [1.82, 2.24) is 15.5 Å². The second kappa shape index (κ2) is 10.9. The number of aryl methyl sites for hydroxylation is 1. The lowest BCUT2D eigenvalue weighted by Crippen LogP contribution is -2.54. The summed E-state index contributed by atoms with van der Waals surface area (Å²) in [5.41, 5.74) is 1.70.